The zero-order valence-corrected chi connectivity index (χ0v) is 20.2. The lowest BCUT2D eigenvalue weighted by molar-refractivity contribution is 0.0526. The molecule has 0 saturated carbocycles. The number of halogens is 1. The average molecular weight is 495 g/mol. The van der Waals surface area contributed by atoms with E-state index in [9.17, 15) is 18.0 Å². The van der Waals surface area contributed by atoms with Gasteiger partial charge in [0.05, 0.1) is 40.4 Å². The van der Waals surface area contributed by atoms with E-state index in [0.29, 0.717) is 18.8 Å². The van der Waals surface area contributed by atoms with Crippen molar-refractivity contribution in [2.45, 2.75) is 37.5 Å². The van der Waals surface area contributed by atoms with Crippen molar-refractivity contribution in [3.8, 4) is 5.75 Å². The van der Waals surface area contributed by atoms with Crippen LogP contribution in [0.2, 0.25) is 5.02 Å². The second-order valence-electron chi connectivity index (χ2n) is 7.59. The highest BCUT2D eigenvalue weighted by Gasteiger charge is 2.24. The zero-order chi connectivity index (χ0) is 24.0. The molecule has 1 amide bonds. The van der Waals surface area contributed by atoms with Gasteiger partial charge in [0.1, 0.15) is 5.75 Å². The Morgan fingerprint density at radius 1 is 1.03 bits per heavy atom. The van der Waals surface area contributed by atoms with Gasteiger partial charge in [-0.3, -0.25) is 9.52 Å². The zero-order valence-electron chi connectivity index (χ0n) is 18.6. The molecule has 0 aliphatic carbocycles. The van der Waals surface area contributed by atoms with Crippen LogP contribution in [0.3, 0.4) is 0 Å². The number of ether oxygens (including phenoxy) is 2. The molecule has 1 aliphatic heterocycles. The lowest BCUT2D eigenvalue weighted by Gasteiger charge is -2.22. The first-order chi connectivity index (χ1) is 15.8. The number of rotatable bonds is 7. The van der Waals surface area contributed by atoms with Gasteiger partial charge in [-0.1, -0.05) is 24.4 Å². The number of likely N-dealkylation sites (tertiary alicyclic amines) is 1. The number of carbonyl (C=O) groups is 2. The lowest BCUT2D eigenvalue weighted by atomic mass is 10.1. The molecule has 8 nitrogen and oxygen atoms in total. The van der Waals surface area contributed by atoms with Crippen LogP contribution in [0, 0.1) is 0 Å². The number of nitrogens with zero attached hydrogens (tertiary/aromatic N) is 1. The van der Waals surface area contributed by atoms with Gasteiger partial charge in [0.25, 0.3) is 15.9 Å². The Kier molecular flexibility index (Phi) is 8.20. The molecule has 0 aromatic heterocycles. The molecule has 178 valence electrons. The van der Waals surface area contributed by atoms with E-state index in [-0.39, 0.29) is 39.2 Å². The van der Waals surface area contributed by atoms with Crippen LogP contribution in [0.5, 0.6) is 5.75 Å². The van der Waals surface area contributed by atoms with Crippen molar-refractivity contribution in [3.63, 3.8) is 0 Å². The quantitative estimate of drug-likeness (QED) is 0.574. The molecule has 1 fully saturated rings. The fourth-order valence-corrected chi connectivity index (χ4v) is 4.97. The van der Waals surface area contributed by atoms with Gasteiger partial charge in [-0.15, -0.1) is 0 Å². The maximum absolute atomic E-state index is 13.1. The minimum atomic E-state index is -4.04. The second kappa shape index (κ2) is 10.9. The number of anilines is 1. The van der Waals surface area contributed by atoms with Crippen molar-refractivity contribution < 1.29 is 27.5 Å². The molecule has 0 spiro atoms. The first-order valence-electron chi connectivity index (χ1n) is 10.7. The predicted molar refractivity (Wildman–Crippen MR) is 126 cm³/mol. The molecule has 2 aromatic rings. The maximum atomic E-state index is 13.1. The summed E-state index contributed by atoms with van der Waals surface area (Å²) in [6, 6.07) is 8.30. The molecule has 10 heteroatoms. The highest BCUT2D eigenvalue weighted by molar-refractivity contribution is 7.92. The van der Waals surface area contributed by atoms with Crippen LogP contribution >= 0.6 is 11.6 Å². The van der Waals surface area contributed by atoms with Gasteiger partial charge in [-0.25, -0.2) is 13.2 Å². The first kappa shape index (κ1) is 24.9. The molecule has 0 unspecified atom stereocenters. The van der Waals surface area contributed by atoms with E-state index in [0.717, 1.165) is 25.7 Å². The third kappa shape index (κ3) is 5.97. The van der Waals surface area contributed by atoms with E-state index in [1.165, 1.54) is 43.5 Å². The molecular weight excluding hydrogens is 468 g/mol. The third-order valence-electron chi connectivity index (χ3n) is 5.32. The molecule has 1 aliphatic rings. The summed E-state index contributed by atoms with van der Waals surface area (Å²) in [6.07, 6.45) is 3.96. The Balaban J connectivity index is 1.87. The van der Waals surface area contributed by atoms with Crippen molar-refractivity contribution in [3.05, 3.63) is 52.5 Å². The summed E-state index contributed by atoms with van der Waals surface area (Å²) in [5.41, 5.74) is 0.499. The number of carbonyl (C=O) groups excluding carboxylic acids is 2. The molecule has 33 heavy (non-hydrogen) atoms. The maximum Gasteiger partial charge on any atom is 0.339 e. The Morgan fingerprint density at radius 3 is 2.33 bits per heavy atom. The van der Waals surface area contributed by atoms with Crippen molar-refractivity contribution in [2.75, 3.05) is 31.5 Å². The molecule has 0 atom stereocenters. The minimum Gasteiger partial charge on any atom is -0.496 e. The number of esters is 1. The van der Waals surface area contributed by atoms with Crippen LogP contribution in [0.4, 0.5) is 5.69 Å². The van der Waals surface area contributed by atoms with E-state index >= 15 is 0 Å². The van der Waals surface area contributed by atoms with E-state index in [1.807, 2.05) is 0 Å². The smallest absolute Gasteiger partial charge is 0.339 e. The summed E-state index contributed by atoms with van der Waals surface area (Å²) < 4.78 is 38.7. The molecule has 1 N–H and O–H groups in total. The van der Waals surface area contributed by atoms with Crippen LogP contribution in [-0.4, -0.2) is 52.0 Å². The summed E-state index contributed by atoms with van der Waals surface area (Å²) in [5, 5.41) is 0.0559. The normalized spacial score (nSPS) is 14.3. The minimum absolute atomic E-state index is 0.0559. The van der Waals surface area contributed by atoms with Crippen molar-refractivity contribution >= 4 is 39.2 Å². The SMILES string of the molecule is CCOC(=O)c1ccc(NS(=O)(=O)c2ccc(OC)c(C(=O)N3CCCCCC3)c2)cc1Cl. The van der Waals surface area contributed by atoms with E-state index in [1.54, 1.807) is 11.8 Å². The van der Waals surface area contributed by atoms with Gasteiger partial charge in [-0.05, 0) is 56.2 Å². The van der Waals surface area contributed by atoms with Crippen LogP contribution in [0.15, 0.2) is 41.3 Å². The molecular formula is C23H27ClN2O6S. The summed E-state index contributed by atoms with van der Waals surface area (Å²) in [6.45, 7) is 3.12. The largest absolute Gasteiger partial charge is 0.496 e. The van der Waals surface area contributed by atoms with E-state index in [4.69, 9.17) is 21.1 Å². The molecule has 3 rings (SSSR count). The van der Waals surface area contributed by atoms with Crippen LogP contribution in [-0.2, 0) is 14.8 Å². The Bertz CT molecular complexity index is 1130. The molecule has 0 radical (unpaired) electrons. The van der Waals surface area contributed by atoms with Crippen LogP contribution < -0.4 is 9.46 Å². The number of hydrogen-bond donors (Lipinski definition) is 1. The van der Waals surface area contributed by atoms with Crippen molar-refractivity contribution in [2.24, 2.45) is 0 Å². The molecule has 2 aromatic carbocycles. The number of amides is 1. The summed E-state index contributed by atoms with van der Waals surface area (Å²) >= 11 is 6.14. The summed E-state index contributed by atoms with van der Waals surface area (Å²) in [5.74, 6) is -0.540. The number of hydrogen-bond acceptors (Lipinski definition) is 6. The third-order valence-corrected chi connectivity index (χ3v) is 7.01. The van der Waals surface area contributed by atoms with Gasteiger partial charge >= 0.3 is 5.97 Å². The average Bonchev–Trinajstić information content (AvgIpc) is 3.07. The van der Waals surface area contributed by atoms with Crippen LogP contribution in [0.25, 0.3) is 0 Å². The first-order valence-corrected chi connectivity index (χ1v) is 12.6. The Hall–Kier alpha value is -2.78. The van der Waals surface area contributed by atoms with Gasteiger partial charge in [0, 0.05) is 13.1 Å². The standard InChI is InChI=1S/C23H27ClN2O6S/c1-3-32-23(28)18-10-8-16(14-20(18)24)25-33(29,30)17-9-11-21(31-2)19(15-17)22(27)26-12-6-4-5-7-13-26/h8-11,14-15,25H,3-7,12-13H2,1-2H3. The number of nitrogens with one attached hydrogen (secondary N) is 1. The fraction of sp³-hybridized carbons (Fsp3) is 0.391. The highest BCUT2D eigenvalue weighted by Crippen LogP contribution is 2.28. The van der Waals surface area contributed by atoms with Gasteiger partial charge in [-0.2, -0.15) is 0 Å². The number of benzene rings is 2. The monoisotopic (exact) mass is 494 g/mol. The second-order valence-corrected chi connectivity index (χ2v) is 9.68. The molecule has 1 heterocycles. The Labute approximate surface area is 198 Å². The van der Waals surface area contributed by atoms with Crippen molar-refractivity contribution in [1.29, 1.82) is 0 Å². The Morgan fingerprint density at radius 2 is 1.73 bits per heavy atom. The lowest BCUT2D eigenvalue weighted by Crippen LogP contribution is -2.32. The molecule has 0 bridgehead atoms. The number of sulfonamides is 1. The topological polar surface area (TPSA) is 102 Å². The highest BCUT2D eigenvalue weighted by atomic mass is 35.5. The van der Waals surface area contributed by atoms with Crippen LogP contribution in [0.1, 0.15) is 53.3 Å². The summed E-state index contributed by atoms with van der Waals surface area (Å²) in [7, 11) is -2.60. The van der Waals surface area contributed by atoms with E-state index < -0.39 is 16.0 Å². The number of methoxy groups -OCH3 is 1. The van der Waals surface area contributed by atoms with Gasteiger partial charge in [0.15, 0.2) is 0 Å². The van der Waals surface area contributed by atoms with Crippen molar-refractivity contribution in [1.82, 2.24) is 4.90 Å². The van der Waals surface area contributed by atoms with Gasteiger partial charge < -0.3 is 14.4 Å². The summed E-state index contributed by atoms with van der Waals surface area (Å²) in [4.78, 5) is 26.7. The van der Waals surface area contributed by atoms with E-state index in [2.05, 4.69) is 4.72 Å². The fourth-order valence-electron chi connectivity index (χ4n) is 3.63. The predicted octanol–water partition coefficient (Wildman–Crippen LogP) is 4.34. The molecule has 1 saturated heterocycles. The van der Waals surface area contributed by atoms with Gasteiger partial charge in [0.2, 0.25) is 0 Å².